The third-order valence-corrected chi connectivity index (χ3v) is 5.78. The first-order valence-corrected chi connectivity index (χ1v) is 9.70. The van der Waals surface area contributed by atoms with E-state index in [1.807, 2.05) is 21.5 Å². The minimum absolute atomic E-state index is 0.0572. The average molecular weight is 359 g/mol. The second kappa shape index (κ2) is 6.45. The Balaban J connectivity index is 1.43. The van der Waals surface area contributed by atoms with Gasteiger partial charge in [0.15, 0.2) is 5.82 Å². The maximum atomic E-state index is 12.5. The second-order valence-corrected chi connectivity index (χ2v) is 7.54. The van der Waals surface area contributed by atoms with E-state index in [9.17, 15) is 4.79 Å². The van der Waals surface area contributed by atoms with Crippen LogP contribution in [0.3, 0.4) is 0 Å². The normalized spacial score (nSPS) is 16.8. The summed E-state index contributed by atoms with van der Waals surface area (Å²) in [5, 5.41) is 12.5. The standard InChI is InChI=1S/C16H17N5OS2/c1-2-13-19-14-4-3-11(8-21(14)20-13)18-15(22)12-7-17-16(24-12)10-5-6-23-9-10/h5-7,9,11H,2-4,8H2,1H3,(H,18,22). The number of amides is 1. The van der Waals surface area contributed by atoms with Crippen molar-refractivity contribution in [3.63, 3.8) is 0 Å². The van der Waals surface area contributed by atoms with Crippen molar-refractivity contribution in [2.24, 2.45) is 0 Å². The summed E-state index contributed by atoms with van der Waals surface area (Å²) in [5.41, 5.74) is 1.07. The maximum absolute atomic E-state index is 12.5. The Morgan fingerprint density at radius 3 is 3.21 bits per heavy atom. The molecule has 4 heterocycles. The number of hydrogen-bond acceptors (Lipinski definition) is 6. The van der Waals surface area contributed by atoms with Gasteiger partial charge in [0.25, 0.3) is 5.91 Å². The molecule has 0 aromatic carbocycles. The summed E-state index contributed by atoms with van der Waals surface area (Å²) >= 11 is 3.06. The van der Waals surface area contributed by atoms with E-state index in [0.717, 1.165) is 41.5 Å². The zero-order chi connectivity index (χ0) is 16.5. The van der Waals surface area contributed by atoms with Crippen LogP contribution in [0.2, 0.25) is 0 Å². The molecule has 0 fully saturated rings. The lowest BCUT2D eigenvalue weighted by Crippen LogP contribution is -2.41. The molecule has 0 spiro atoms. The van der Waals surface area contributed by atoms with Gasteiger partial charge in [-0.3, -0.25) is 4.79 Å². The summed E-state index contributed by atoms with van der Waals surface area (Å²) in [7, 11) is 0. The van der Waals surface area contributed by atoms with Crippen LogP contribution in [0, 0.1) is 0 Å². The van der Waals surface area contributed by atoms with Crippen LogP contribution < -0.4 is 5.32 Å². The van der Waals surface area contributed by atoms with Crippen molar-refractivity contribution in [3.8, 4) is 10.6 Å². The lowest BCUT2D eigenvalue weighted by molar-refractivity contribution is 0.0930. The highest BCUT2D eigenvalue weighted by Gasteiger charge is 2.23. The first-order valence-electron chi connectivity index (χ1n) is 7.94. The van der Waals surface area contributed by atoms with Crippen LogP contribution in [0.25, 0.3) is 10.6 Å². The van der Waals surface area contributed by atoms with Crippen molar-refractivity contribution < 1.29 is 4.79 Å². The number of hydrogen-bond donors (Lipinski definition) is 1. The number of nitrogens with one attached hydrogen (secondary N) is 1. The van der Waals surface area contributed by atoms with E-state index in [2.05, 4.69) is 27.3 Å². The van der Waals surface area contributed by atoms with Crippen molar-refractivity contribution in [1.29, 1.82) is 0 Å². The van der Waals surface area contributed by atoms with Crippen LogP contribution >= 0.6 is 22.7 Å². The number of nitrogens with zero attached hydrogens (tertiary/aromatic N) is 4. The molecule has 4 rings (SSSR count). The van der Waals surface area contributed by atoms with Crippen molar-refractivity contribution in [2.45, 2.75) is 38.8 Å². The van der Waals surface area contributed by atoms with E-state index < -0.39 is 0 Å². The fraction of sp³-hybridized carbons (Fsp3) is 0.375. The maximum Gasteiger partial charge on any atom is 0.263 e. The molecule has 0 aliphatic carbocycles. The van der Waals surface area contributed by atoms with Gasteiger partial charge in [-0.2, -0.15) is 16.4 Å². The SMILES string of the molecule is CCc1nc2n(n1)CC(NC(=O)c1cnc(-c3ccsc3)s1)CC2. The van der Waals surface area contributed by atoms with Gasteiger partial charge in [0.2, 0.25) is 0 Å². The molecular weight excluding hydrogens is 342 g/mol. The Morgan fingerprint density at radius 2 is 2.42 bits per heavy atom. The van der Waals surface area contributed by atoms with Crippen LogP contribution in [-0.2, 0) is 19.4 Å². The molecule has 1 unspecified atom stereocenters. The van der Waals surface area contributed by atoms with Crippen molar-refractivity contribution >= 4 is 28.6 Å². The molecule has 6 nitrogen and oxygen atoms in total. The molecule has 1 N–H and O–H groups in total. The monoisotopic (exact) mass is 359 g/mol. The lowest BCUT2D eigenvalue weighted by Gasteiger charge is -2.23. The topological polar surface area (TPSA) is 72.7 Å². The molecule has 8 heteroatoms. The highest BCUT2D eigenvalue weighted by Crippen LogP contribution is 2.27. The van der Waals surface area contributed by atoms with Gasteiger partial charge in [0.05, 0.1) is 12.7 Å². The number of aromatic nitrogens is 4. The largest absolute Gasteiger partial charge is 0.347 e. The number of thiophene rings is 1. The van der Waals surface area contributed by atoms with E-state index in [1.165, 1.54) is 11.3 Å². The van der Waals surface area contributed by atoms with Crippen LogP contribution in [0.4, 0.5) is 0 Å². The Hall–Kier alpha value is -2.06. The Morgan fingerprint density at radius 1 is 1.50 bits per heavy atom. The van der Waals surface area contributed by atoms with Gasteiger partial charge in [-0.1, -0.05) is 6.92 Å². The molecule has 1 aliphatic heterocycles. The predicted molar refractivity (Wildman–Crippen MR) is 94.4 cm³/mol. The van der Waals surface area contributed by atoms with Crippen molar-refractivity contribution in [2.75, 3.05) is 0 Å². The number of fused-ring (bicyclic) bond motifs is 1. The molecule has 0 saturated carbocycles. The van der Waals surface area contributed by atoms with Gasteiger partial charge >= 0.3 is 0 Å². The van der Waals surface area contributed by atoms with E-state index in [-0.39, 0.29) is 11.9 Å². The smallest absolute Gasteiger partial charge is 0.263 e. The van der Waals surface area contributed by atoms with Crippen molar-refractivity contribution in [1.82, 2.24) is 25.1 Å². The molecule has 0 bridgehead atoms. The first kappa shape index (κ1) is 15.5. The molecule has 0 radical (unpaired) electrons. The summed E-state index contributed by atoms with van der Waals surface area (Å²) in [6, 6.07) is 2.10. The summed E-state index contributed by atoms with van der Waals surface area (Å²) in [4.78, 5) is 22.0. The van der Waals surface area contributed by atoms with E-state index in [0.29, 0.717) is 11.4 Å². The van der Waals surface area contributed by atoms with Crippen LogP contribution in [0.1, 0.15) is 34.7 Å². The molecule has 1 amide bonds. The van der Waals surface area contributed by atoms with Gasteiger partial charge in [-0.05, 0) is 17.9 Å². The predicted octanol–water partition coefficient (Wildman–Crippen LogP) is 2.77. The minimum Gasteiger partial charge on any atom is -0.347 e. The third kappa shape index (κ3) is 2.99. The van der Waals surface area contributed by atoms with Crippen LogP contribution in [0.15, 0.2) is 23.0 Å². The molecule has 124 valence electrons. The zero-order valence-corrected chi connectivity index (χ0v) is 14.9. The first-order chi connectivity index (χ1) is 11.7. The molecule has 1 aliphatic rings. The van der Waals surface area contributed by atoms with E-state index >= 15 is 0 Å². The molecule has 3 aromatic heterocycles. The number of rotatable bonds is 4. The Labute approximate surface area is 147 Å². The Kier molecular flexibility index (Phi) is 4.15. The van der Waals surface area contributed by atoms with E-state index in [4.69, 9.17) is 0 Å². The van der Waals surface area contributed by atoms with Gasteiger partial charge < -0.3 is 5.32 Å². The van der Waals surface area contributed by atoms with Gasteiger partial charge in [0, 0.05) is 29.8 Å². The van der Waals surface area contributed by atoms with Crippen molar-refractivity contribution in [3.05, 3.63) is 39.5 Å². The molecule has 3 aromatic rings. The highest BCUT2D eigenvalue weighted by atomic mass is 32.1. The quantitative estimate of drug-likeness (QED) is 0.777. The summed E-state index contributed by atoms with van der Waals surface area (Å²) < 4.78 is 1.93. The van der Waals surface area contributed by atoms with Gasteiger partial charge in [-0.25, -0.2) is 14.6 Å². The highest BCUT2D eigenvalue weighted by molar-refractivity contribution is 7.17. The van der Waals surface area contributed by atoms with E-state index in [1.54, 1.807) is 17.5 Å². The lowest BCUT2D eigenvalue weighted by atomic mass is 10.1. The second-order valence-electron chi connectivity index (χ2n) is 5.73. The average Bonchev–Trinajstić information content (AvgIpc) is 3.32. The summed E-state index contributed by atoms with van der Waals surface area (Å²) in [6.07, 6.45) is 4.24. The minimum atomic E-state index is -0.0572. The molecule has 24 heavy (non-hydrogen) atoms. The number of carbonyl (C=O) groups is 1. The zero-order valence-electron chi connectivity index (χ0n) is 13.2. The number of thiazole rings is 1. The fourth-order valence-corrected chi connectivity index (χ4v) is 4.31. The summed E-state index contributed by atoms with van der Waals surface area (Å²) in [6.45, 7) is 2.74. The molecule has 0 saturated heterocycles. The Bertz CT molecular complexity index is 852. The fourth-order valence-electron chi connectivity index (χ4n) is 2.78. The van der Waals surface area contributed by atoms with Crippen LogP contribution in [0.5, 0.6) is 0 Å². The third-order valence-electron chi connectivity index (χ3n) is 4.05. The summed E-state index contributed by atoms with van der Waals surface area (Å²) in [5.74, 6) is 1.84. The van der Waals surface area contributed by atoms with Gasteiger partial charge in [-0.15, -0.1) is 11.3 Å². The number of aryl methyl sites for hydroxylation is 2. The molecule has 1 atom stereocenters. The van der Waals surface area contributed by atoms with Gasteiger partial charge in [0.1, 0.15) is 15.7 Å². The van der Waals surface area contributed by atoms with Crippen LogP contribution in [-0.4, -0.2) is 31.7 Å². The molecular formula is C16H17N5OS2. The number of carbonyl (C=O) groups excluding carboxylic acids is 1.